The molecule has 20 heavy (non-hydrogen) atoms. The molecule has 0 radical (unpaired) electrons. The van der Waals surface area contributed by atoms with E-state index in [-0.39, 0.29) is 29.7 Å². The molecule has 0 atom stereocenters. The largest absolute Gasteiger partial charge is 0.339 e. The van der Waals surface area contributed by atoms with E-state index >= 15 is 0 Å². The molecule has 1 saturated carbocycles. The number of nitriles is 1. The number of hydrogen-bond acceptors (Lipinski definition) is 6. The first kappa shape index (κ1) is 15.0. The highest BCUT2D eigenvalue weighted by atomic mass is 32.2. The lowest BCUT2D eigenvalue weighted by Gasteiger charge is -2.17. The molecule has 6 nitrogen and oxygen atoms in total. The minimum absolute atomic E-state index is 0.00609. The average Bonchev–Trinajstić information content (AvgIpc) is 2.87. The van der Waals surface area contributed by atoms with Gasteiger partial charge in [-0.3, -0.25) is 0 Å². The van der Waals surface area contributed by atoms with E-state index in [2.05, 4.69) is 10.1 Å². The van der Waals surface area contributed by atoms with Crippen LogP contribution in [0.4, 0.5) is 0 Å². The number of sulfone groups is 1. The summed E-state index contributed by atoms with van der Waals surface area (Å²) in [5.41, 5.74) is 0. The van der Waals surface area contributed by atoms with E-state index in [4.69, 9.17) is 9.78 Å². The molecule has 7 heteroatoms. The maximum Gasteiger partial charge on any atom is 0.229 e. The lowest BCUT2D eigenvalue weighted by atomic mass is 9.89. The van der Waals surface area contributed by atoms with E-state index in [0.717, 1.165) is 25.7 Å². The molecular formula is C13H19N3O3S. The van der Waals surface area contributed by atoms with Crippen molar-refractivity contribution in [3.8, 4) is 6.07 Å². The average molecular weight is 297 g/mol. The van der Waals surface area contributed by atoms with Gasteiger partial charge in [0, 0.05) is 12.3 Å². The van der Waals surface area contributed by atoms with Crippen LogP contribution in [0.25, 0.3) is 0 Å². The van der Waals surface area contributed by atoms with Gasteiger partial charge in [0.2, 0.25) is 5.89 Å². The van der Waals surface area contributed by atoms with Crippen molar-refractivity contribution in [2.45, 2.75) is 56.6 Å². The van der Waals surface area contributed by atoms with Crippen LogP contribution in [0.15, 0.2) is 4.52 Å². The molecular weight excluding hydrogens is 278 g/mol. The summed E-state index contributed by atoms with van der Waals surface area (Å²) < 4.78 is 28.9. The Balaban J connectivity index is 1.93. The van der Waals surface area contributed by atoms with E-state index < -0.39 is 9.84 Å². The van der Waals surface area contributed by atoms with Gasteiger partial charge in [-0.1, -0.05) is 24.4 Å². The van der Waals surface area contributed by atoms with Crippen LogP contribution in [-0.2, 0) is 15.6 Å². The van der Waals surface area contributed by atoms with Crippen LogP contribution in [0, 0.1) is 11.3 Å². The monoisotopic (exact) mass is 297 g/mol. The predicted octanol–water partition coefficient (Wildman–Crippen LogP) is 2.34. The lowest BCUT2D eigenvalue weighted by Crippen LogP contribution is -2.10. The van der Waals surface area contributed by atoms with Gasteiger partial charge in [-0.2, -0.15) is 10.2 Å². The Bertz CT molecular complexity index is 568. The highest BCUT2D eigenvalue weighted by molar-refractivity contribution is 7.90. The van der Waals surface area contributed by atoms with E-state index in [0.29, 0.717) is 12.3 Å². The molecule has 1 aromatic rings. The Morgan fingerprint density at radius 1 is 1.30 bits per heavy atom. The fraction of sp³-hybridized carbons (Fsp3) is 0.769. The summed E-state index contributed by atoms with van der Waals surface area (Å²) in [4.78, 5) is 4.23. The summed E-state index contributed by atoms with van der Waals surface area (Å²) in [6, 6.07) is 1.94. The molecule has 1 aliphatic rings. The maximum atomic E-state index is 11.8. The summed E-state index contributed by atoms with van der Waals surface area (Å²) in [5, 5.41) is 12.2. The SMILES string of the molecule is N#CCCCS(=O)(=O)Cc1noc(C2CCCCC2)n1. The summed E-state index contributed by atoms with van der Waals surface area (Å²) >= 11 is 0. The summed E-state index contributed by atoms with van der Waals surface area (Å²) in [7, 11) is -3.26. The zero-order chi connectivity index (χ0) is 14.4. The van der Waals surface area contributed by atoms with E-state index in [1.807, 2.05) is 6.07 Å². The van der Waals surface area contributed by atoms with Crippen LogP contribution in [0.1, 0.15) is 62.6 Å². The van der Waals surface area contributed by atoms with Gasteiger partial charge in [-0.15, -0.1) is 0 Å². The second-order valence-corrected chi connectivity index (χ2v) is 7.42. The van der Waals surface area contributed by atoms with E-state index in [1.54, 1.807) is 0 Å². The molecule has 1 heterocycles. The molecule has 1 fully saturated rings. The Hall–Kier alpha value is -1.42. The van der Waals surface area contributed by atoms with Crippen LogP contribution in [0.5, 0.6) is 0 Å². The third-order valence-electron chi connectivity index (χ3n) is 3.53. The first-order chi connectivity index (χ1) is 9.61. The van der Waals surface area contributed by atoms with Crippen LogP contribution >= 0.6 is 0 Å². The van der Waals surface area contributed by atoms with Crippen molar-refractivity contribution in [3.05, 3.63) is 11.7 Å². The van der Waals surface area contributed by atoms with Crippen molar-refractivity contribution in [2.75, 3.05) is 5.75 Å². The Labute approximate surface area is 119 Å². The zero-order valence-corrected chi connectivity index (χ0v) is 12.2. The van der Waals surface area contributed by atoms with Gasteiger partial charge in [-0.25, -0.2) is 8.42 Å². The summed E-state index contributed by atoms with van der Waals surface area (Å²) in [6.45, 7) is 0. The highest BCUT2D eigenvalue weighted by Gasteiger charge is 2.23. The van der Waals surface area contributed by atoms with Crippen molar-refractivity contribution < 1.29 is 12.9 Å². The second kappa shape index (κ2) is 6.84. The van der Waals surface area contributed by atoms with Gasteiger partial charge in [0.05, 0.1) is 11.8 Å². The molecule has 0 N–H and O–H groups in total. The maximum absolute atomic E-state index is 11.8. The number of hydrogen-bond donors (Lipinski definition) is 0. The second-order valence-electron chi connectivity index (χ2n) is 5.24. The highest BCUT2D eigenvalue weighted by Crippen LogP contribution is 2.31. The normalized spacial score (nSPS) is 16.9. The molecule has 0 saturated heterocycles. The summed E-state index contributed by atoms with van der Waals surface area (Å²) in [6.07, 6.45) is 6.24. The molecule has 0 aliphatic heterocycles. The van der Waals surface area contributed by atoms with Gasteiger partial charge in [-0.05, 0) is 19.3 Å². The van der Waals surface area contributed by atoms with Crippen molar-refractivity contribution in [2.24, 2.45) is 0 Å². The number of aromatic nitrogens is 2. The third-order valence-corrected chi connectivity index (χ3v) is 5.14. The first-order valence-corrected chi connectivity index (χ1v) is 8.83. The topological polar surface area (TPSA) is 96.8 Å². The quantitative estimate of drug-likeness (QED) is 0.747. The Morgan fingerprint density at radius 3 is 2.75 bits per heavy atom. The minimum atomic E-state index is -3.26. The lowest BCUT2D eigenvalue weighted by molar-refractivity contribution is 0.312. The van der Waals surface area contributed by atoms with Gasteiger partial charge in [0.15, 0.2) is 15.7 Å². The number of rotatable bonds is 6. The smallest absolute Gasteiger partial charge is 0.229 e. The fourth-order valence-electron chi connectivity index (χ4n) is 2.48. The van der Waals surface area contributed by atoms with Gasteiger partial charge in [0.1, 0.15) is 5.75 Å². The number of nitrogens with zero attached hydrogens (tertiary/aromatic N) is 3. The van der Waals surface area contributed by atoms with Crippen molar-refractivity contribution >= 4 is 9.84 Å². The molecule has 1 aliphatic carbocycles. The molecule has 0 unspecified atom stereocenters. The Morgan fingerprint density at radius 2 is 2.05 bits per heavy atom. The third kappa shape index (κ3) is 4.30. The molecule has 1 aromatic heterocycles. The number of unbranched alkanes of at least 4 members (excludes halogenated alkanes) is 1. The zero-order valence-electron chi connectivity index (χ0n) is 11.4. The fourth-order valence-corrected chi connectivity index (χ4v) is 3.72. The first-order valence-electron chi connectivity index (χ1n) is 7.00. The molecule has 110 valence electrons. The molecule has 0 bridgehead atoms. The van der Waals surface area contributed by atoms with Crippen LogP contribution in [0.3, 0.4) is 0 Å². The van der Waals surface area contributed by atoms with Gasteiger partial charge in [0.25, 0.3) is 0 Å². The van der Waals surface area contributed by atoms with Crippen molar-refractivity contribution in [3.63, 3.8) is 0 Å². The standard InChI is InChI=1S/C13H19N3O3S/c14-8-4-5-9-20(17,18)10-12-15-13(19-16-12)11-6-2-1-3-7-11/h11H,1-7,9-10H2. The van der Waals surface area contributed by atoms with E-state index in [1.165, 1.54) is 6.42 Å². The van der Waals surface area contributed by atoms with Crippen molar-refractivity contribution in [1.82, 2.24) is 10.1 Å². The summed E-state index contributed by atoms with van der Waals surface area (Å²) in [5.74, 6) is 0.892. The Kier molecular flexibility index (Phi) is 5.12. The minimum Gasteiger partial charge on any atom is -0.339 e. The van der Waals surface area contributed by atoms with Crippen molar-refractivity contribution in [1.29, 1.82) is 5.26 Å². The molecule has 0 amide bonds. The molecule has 0 spiro atoms. The van der Waals surface area contributed by atoms with Crippen LogP contribution in [-0.4, -0.2) is 24.3 Å². The molecule has 0 aromatic carbocycles. The van der Waals surface area contributed by atoms with Crippen LogP contribution in [0.2, 0.25) is 0 Å². The van der Waals surface area contributed by atoms with Gasteiger partial charge >= 0.3 is 0 Å². The predicted molar refractivity (Wildman–Crippen MR) is 72.5 cm³/mol. The molecule has 2 rings (SSSR count). The van der Waals surface area contributed by atoms with E-state index in [9.17, 15) is 8.42 Å². The van der Waals surface area contributed by atoms with Gasteiger partial charge < -0.3 is 4.52 Å². The van der Waals surface area contributed by atoms with Crippen LogP contribution < -0.4 is 0 Å².